The number of carbonyl (C=O) groups excluding carboxylic acids is 1. The normalized spacial score (nSPS) is 9.24. The van der Waals surface area contributed by atoms with Crippen LogP contribution in [0.5, 0.6) is 0 Å². The van der Waals surface area contributed by atoms with Crippen LogP contribution in [0.15, 0.2) is 35.3 Å². The highest BCUT2D eigenvalue weighted by Gasteiger charge is 2.03. The number of rotatable bonds is 5. The Hall–Kier alpha value is -1.00. The number of benzene rings is 1. The van der Waals surface area contributed by atoms with Gasteiger partial charge in [0.25, 0.3) is 0 Å². The number of hydrogen-bond donors (Lipinski definition) is 2. The monoisotopic (exact) mass is 318 g/mol. The van der Waals surface area contributed by atoms with E-state index < -0.39 is 0 Å². The first-order valence-electron chi connectivity index (χ1n) is 5.03. The third-order valence-corrected chi connectivity index (χ3v) is 2.43. The van der Waals surface area contributed by atoms with Gasteiger partial charge in [0, 0.05) is 23.1 Å². The van der Waals surface area contributed by atoms with Crippen molar-refractivity contribution in [1.29, 1.82) is 0 Å². The summed E-state index contributed by atoms with van der Waals surface area (Å²) in [5, 5.41) is 2.75. The van der Waals surface area contributed by atoms with E-state index in [-0.39, 0.29) is 18.3 Å². The largest absolute Gasteiger partial charge is 0.399 e. The third kappa shape index (κ3) is 6.34. The lowest BCUT2D eigenvalue weighted by Crippen LogP contribution is -2.24. The van der Waals surface area contributed by atoms with Gasteiger partial charge in [0.15, 0.2) is 0 Å². The molecular weight excluding hydrogens is 304 g/mol. The van der Waals surface area contributed by atoms with Crippen LogP contribution in [0.3, 0.4) is 0 Å². The summed E-state index contributed by atoms with van der Waals surface area (Å²) in [5.74, 6) is 0.00357. The first-order chi connectivity index (χ1) is 7.59. The highest BCUT2D eigenvalue weighted by molar-refractivity contribution is 9.11. The van der Waals surface area contributed by atoms with Gasteiger partial charge >= 0.3 is 0 Å². The zero-order chi connectivity index (χ0) is 12.0. The molecule has 0 saturated carbocycles. The second-order valence-electron chi connectivity index (χ2n) is 3.49. The average molecular weight is 320 g/mol. The fraction of sp³-hybridized carbons (Fsp3) is 0.250. The minimum absolute atomic E-state index is 0. The van der Waals surface area contributed by atoms with Gasteiger partial charge in [-0.2, -0.15) is 0 Å². The summed E-state index contributed by atoms with van der Waals surface area (Å²) >= 11 is 3.18. The second-order valence-corrected chi connectivity index (χ2v) is 4.61. The Kier molecular flexibility index (Phi) is 7.66. The minimum Gasteiger partial charge on any atom is -0.399 e. The number of aryl methyl sites for hydroxylation is 1. The second kappa shape index (κ2) is 8.14. The van der Waals surface area contributed by atoms with Crippen molar-refractivity contribution in [2.75, 3.05) is 12.3 Å². The van der Waals surface area contributed by atoms with Gasteiger partial charge in [-0.05, 0) is 18.1 Å². The lowest BCUT2D eigenvalue weighted by molar-refractivity contribution is -0.120. The number of nitrogens with one attached hydrogen (secondary N) is 1. The van der Waals surface area contributed by atoms with Gasteiger partial charge in [0.1, 0.15) is 0 Å². The summed E-state index contributed by atoms with van der Waals surface area (Å²) in [6, 6.07) is 7.58. The fourth-order valence-electron chi connectivity index (χ4n) is 1.29. The van der Waals surface area contributed by atoms with Crippen molar-refractivity contribution in [3.63, 3.8) is 0 Å². The van der Waals surface area contributed by atoms with Gasteiger partial charge < -0.3 is 11.1 Å². The van der Waals surface area contributed by atoms with E-state index in [1.165, 1.54) is 0 Å². The molecule has 0 radical (unpaired) electrons. The highest BCUT2D eigenvalue weighted by Crippen LogP contribution is 2.12. The Morgan fingerprint density at radius 2 is 2.06 bits per heavy atom. The molecule has 94 valence electrons. The van der Waals surface area contributed by atoms with Crippen LogP contribution in [-0.4, -0.2) is 12.5 Å². The Bertz CT molecular complexity index is 396. The molecule has 0 aliphatic carbocycles. The highest BCUT2D eigenvalue weighted by atomic mass is 79.9. The number of para-hydroxylation sites is 1. The summed E-state index contributed by atoms with van der Waals surface area (Å²) in [5.41, 5.74) is 7.52. The summed E-state index contributed by atoms with van der Waals surface area (Å²) in [4.78, 5) is 11.4. The molecule has 1 amide bonds. The molecule has 0 fully saturated rings. The predicted molar refractivity (Wildman–Crippen MR) is 77.5 cm³/mol. The molecule has 0 aliphatic heterocycles. The topological polar surface area (TPSA) is 55.1 Å². The quantitative estimate of drug-likeness (QED) is 0.820. The van der Waals surface area contributed by atoms with Crippen LogP contribution >= 0.6 is 28.3 Å². The molecule has 0 unspecified atom stereocenters. The predicted octanol–water partition coefficient (Wildman–Crippen LogP) is 2.65. The van der Waals surface area contributed by atoms with Crippen molar-refractivity contribution in [2.45, 2.75) is 12.8 Å². The first-order valence-corrected chi connectivity index (χ1v) is 5.82. The first kappa shape index (κ1) is 16.0. The Labute approximate surface area is 116 Å². The molecule has 0 spiro atoms. The molecule has 0 atom stereocenters. The maximum absolute atomic E-state index is 11.4. The van der Waals surface area contributed by atoms with E-state index in [1.54, 1.807) is 0 Å². The van der Waals surface area contributed by atoms with Gasteiger partial charge in [0.05, 0.1) is 0 Å². The molecule has 3 N–H and O–H groups in total. The van der Waals surface area contributed by atoms with Gasteiger partial charge in [0.2, 0.25) is 5.91 Å². The van der Waals surface area contributed by atoms with Crippen molar-refractivity contribution in [3.8, 4) is 0 Å². The molecule has 17 heavy (non-hydrogen) atoms. The number of carbonyl (C=O) groups is 1. The van der Waals surface area contributed by atoms with Crippen molar-refractivity contribution >= 4 is 39.9 Å². The van der Waals surface area contributed by atoms with Gasteiger partial charge in [-0.15, -0.1) is 12.4 Å². The number of hydrogen-bond acceptors (Lipinski definition) is 2. The molecule has 0 heterocycles. The summed E-state index contributed by atoms with van der Waals surface area (Å²) in [7, 11) is 0. The van der Waals surface area contributed by atoms with Crippen LogP contribution in [0.2, 0.25) is 0 Å². The molecule has 5 heteroatoms. The molecular formula is C12H16BrClN2O. The average Bonchev–Trinajstić information content (AvgIpc) is 2.25. The summed E-state index contributed by atoms with van der Waals surface area (Å²) in [6.45, 7) is 4.10. The maximum Gasteiger partial charge on any atom is 0.220 e. The van der Waals surface area contributed by atoms with Crippen molar-refractivity contribution in [3.05, 3.63) is 40.9 Å². The van der Waals surface area contributed by atoms with E-state index in [0.29, 0.717) is 19.4 Å². The maximum atomic E-state index is 11.4. The minimum atomic E-state index is 0. The van der Waals surface area contributed by atoms with E-state index >= 15 is 0 Å². The molecule has 1 aromatic rings. The van der Waals surface area contributed by atoms with E-state index in [4.69, 9.17) is 5.73 Å². The fourth-order valence-corrected chi connectivity index (χ4v) is 1.43. The van der Waals surface area contributed by atoms with Gasteiger partial charge in [-0.1, -0.05) is 40.7 Å². The summed E-state index contributed by atoms with van der Waals surface area (Å²) < 4.78 is 0.764. The smallest absolute Gasteiger partial charge is 0.220 e. The van der Waals surface area contributed by atoms with Gasteiger partial charge in [-0.25, -0.2) is 0 Å². The standard InChI is InChI=1S/C12H15BrN2O.ClH/c1-9(13)8-15-12(16)7-6-10-4-2-3-5-11(10)14;/h2-5H,1,6-8,14H2,(H,15,16);1H. The molecule has 1 aromatic carbocycles. The van der Waals surface area contributed by atoms with E-state index in [1.807, 2.05) is 24.3 Å². The number of halogens is 2. The van der Waals surface area contributed by atoms with Crippen molar-refractivity contribution in [2.24, 2.45) is 0 Å². The van der Waals surface area contributed by atoms with E-state index in [9.17, 15) is 4.79 Å². The molecule has 0 saturated heterocycles. The van der Waals surface area contributed by atoms with Crippen LogP contribution in [0.4, 0.5) is 5.69 Å². The number of nitrogens with two attached hydrogens (primary N) is 1. The summed E-state index contributed by atoms with van der Waals surface area (Å²) in [6.07, 6.45) is 1.10. The Morgan fingerprint density at radius 1 is 1.41 bits per heavy atom. The zero-order valence-corrected chi connectivity index (χ0v) is 11.8. The third-order valence-electron chi connectivity index (χ3n) is 2.15. The van der Waals surface area contributed by atoms with Gasteiger partial charge in [-0.3, -0.25) is 4.79 Å². The zero-order valence-electron chi connectivity index (χ0n) is 9.41. The molecule has 0 aliphatic rings. The SMILES string of the molecule is C=C(Br)CNC(=O)CCc1ccccc1N.Cl. The molecule has 0 bridgehead atoms. The van der Waals surface area contributed by atoms with Crippen LogP contribution in [-0.2, 0) is 11.2 Å². The van der Waals surface area contributed by atoms with E-state index in [2.05, 4.69) is 27.8 Å². The van der Waals surface area contributed by atoms with Crippen LogP contribution < -0.4 is 11.1 Å². The molecule has 0 aromatic heterocycles. The Balaban J connectivity index is 0.00000256. The number of anilines is 1. The lowest BCUT2D eigenvalue weighted by Gasteiger charge is -2.06. The van der Waals surface area contributed by atoms with Crippen LogP contribution in [0, 0.1) is 0 Å². The van der Waals surface area contributed by atoms with Crippen LogP contribution in [0.25, 0.3) is 0 Å². The lowest BCUT2D eigenvalue weighted by atomic mass is 10.1. The molecule has 3 nitrogen and oxygen atoms in total. The van der Waals surface area contributed by atoms with Crippen LogP contribution in [0.1, 0.15) is 12.0 Å². The van der Waals surface area contributed by atoms with Crippen molar-refractivity contribution in [1.82, 2.24) is 5.32 Å². The molecule has 1 rings (SSSR count). The van der Waals surface area contributed by atoms with Crippen molar-refractivity contribution < 1.29 is 4.79 Å². The number of nitrogen functional groups attached to an aromatic ring is 1. The Morgan fingerprint density at radius 3 is 2.65 bits per heavy atom. The van der Waals surface area contributed by atoms with E-state index in [0.717, 1.165) is 15.7 Å². The number of amides is 1.